The molecule has 0 saturated heterocycles. The number of rotatable bonds is 5. The summed E-state index contributed by atoms with van der Waals surface area (Å²) in [4.78, 5) is 10.4. The smallest absolute Gasteiger partial charge is 0.313 e. The second-order valence-corrected chi connectivity index (χ2v) is 4.10. The van der Waals surface area contributed by atoms with E-state index >= 15 is 0 Å². The van der Waals surface area contributed by atoms with Crippen LogP contribution in [0.25, 0.3) is 0 Å². The second kappa shape index (κ2) is 4.87. The Morgan fingerprint density at radius 1 is 1.53 bits per heavy atom. The fourth-order valence-electron chi connectivity index (χ4n) is 1.18. The van der Waals surface area contributed by atoms with Gasteiger partial charge >= 0.3 is 5.97 Å². The molecule has 0 fully saturated rings. The zero-order valence-corrected chi connectivity index (χ0v) is 9.54. The molecule has 0 radical (unpaired) electrons. The second-order valence-electron chi connectivity index (χ2n) is 3.15. The number of nitrogen functional groups attached to an aromatic ring is 1. The van der Waals surface area contributed by atoms with Crippen LogP contribution in [-0.4, -0.2) is 41.5 Å². The Balaban J connectivity index is 2.07. The number of hydrogen-bond donors (Lipinski definition) is 2. The molecule has 3 N–H and O–H groups in total. The highest BCUT2D eigenvalue weighted by Crippen LogP contribution is 2.14. The summed E-state index contributed by atoms with van der Waals surface area (Å²) in [5.41, 5.74) is 0. The number of carboxylic acid groups (broad SMARTS) is 1. The van der Waals surface area contributed by atoms with Crippen LogP contribution in [0.4, 0.5) is 0 Å². The lowest BCUT2D eigenvalue weighted by Crippen LogP contribution is -2.17. The first kappa shape index (κ1) is 11.5. The van der Waals surface area contributed by atoms with Crippen LogP contribution >= 0.6 is 11.8 Å². The Hall–Kier alpha value is -2.03. The van der Waals surface area contributed by atoms with Crippen molar-refractivity contribution in [1.29, 1.82) is 0 Å². The third-order valence-electron chi connectivity index (χ3n) is 1.92. The number of carboxylic acids is 1. The van der Waals surface area contributed by atoms with Crippen molar-refractivity contribution in [2.24, 2.45) is 0 Å². The standard InChI is InChI=1S/C8H10N6O2S/c9-14-6(4-13-3-1-2-10-13)11-12-8(14)17-5-7(15)16/h1-3H,4-5,9H2,(H,15,16). The maximum absolute atomic E-state index is 10.4. The molecule has 0 aromatic carbocycles. The Bertz CT molecular complexity index is 508. The maximum atomic E-state index is 10.4. The van der Waals surface area contributed by atoms with E-state index in [0.717, 1.165) is 11.8 Å². The SMILES string of the molecule is Nn1c(Cn2cccn2)nnc1SCC(=O)O. The molecule has 8 nitrogen and oxygen atoms in total. The summed E-state index contributed by atoms with van der Waals surface area (Å²) in [6.45, 7) is 0.393. The first-order valence-corrected chi connectivity index (χ1v) is 5.67. The molecule has 9 heteroatoms. The van der Waals surface area contributed by atoms with Gasteiger partial charge in [0.25, 0.3) is 0 Å². The first-order valence-electron chi connectivity index (χ1n) is 4.68. The zero-order chi connectivity index (χ0) is 12.3. The average molecular weight is 254 g/mol. The molecule has 17 heavy (non-hydrogen) atoms. The highest BCUT2D eigenvalue weighted by atomic mass is 32.2. The van der Waals surface area contributed by atoms with Crippen molar-refractivity contribution < 1.29 is 9.90 Å². The van der Waals surface area contributed by atoms with Crippen LogP contribution in [0.5, 0.6) is 0 Å². The highest BCUT2D eigenvalue weighted by Gasteiger charge is 2.11. The van der Waals surface area contributed by atoms with Crippen LogP contribution in [0.3, 0.4) is 0 Å². The molecule has 0 aliphatic carbocycles. The summed E-state index contributed by atoms with van der Waals surface area (Å²) in [6, 6.07) is 1.79. The van der Waals surface area contributed by atoms with Gasteiger partial charge in [-0.3, -0.25) is 9.48 Å². The van der Waals surface area contributed by atoms with Gasteiger partial charge in [-0.25, -0.2) is 4.68 Å². The molecular formula is C8H10N6O2S. The van der Waals surface area contributed by atoms with Gasteiger partial charge in [0, 0.05) is 12.4 Å². The zero-order valence-electron chi connectivity index (χ0n) is 8.72. The highest BCUT2D eigenvalue weighted by molar-refractivity contribution is 7.99. The molecule has 0 unspecified atom stereocenters. The van der Waals surface area contributed by atoms with Gasteiger partial charge in [0.15, 0.2) is 5.82 Å². The molecule has 0 saturated carbocycles. The summed E-state index contributed by atoms with van der Waals surface area (Å²) in [5, 5.41) is 20.6. The molecule has 0 atom stereocenters. The van der Waals surface area contributed by atoms with E-state index in [4.69, 9.17) is 10.9 Å². The fourth-order valence-corrected chi connectivity index (χ4v) is 1.77. The van der Waals surface area contributed by atoms with Gasteiger partial charge in [-0.2, -0.15) is 5.10 Å². The Morgan fingerprint density at radius 3 is 3.00 bits per heavy atom. The lowest BCUT2D eigenvalue weighted by molar-refractivity contribution is -0.133. The maximum Gasteiger partial charge on any atom is 0.313 e. The number of aromatic nitrogens is 5. The number of aliphatic carboxylic acids is 1. The molecule has 0 aliphatic heterocycles. The Kier molecular flexibility index (Phi) is 3.28. The van der Waals surface area contributed by atoms with E-state index in [0.29, 0.717) is 17.5 Å². The van der Waals surface area contributed by atoms with Crippen LogP contribution in [0, 0.1) is 0 Å². The summed E-state index contributed by atoms with van der Waals surface area (Å²) in [5.74, 6) is 5.23. The Labute approximate surface area is 100 Å². The van der Waals surface area contributed by atoms with Crippen molar-refractivity contribution in [2.75, 3.05) is 11.6 Å². The van der Waals surface area contributed by atoms with Crippen molar-refractivity contribution in [3.8, 4) is 0 Å². The van der Waals surface area contributed by atoms with Crippen molar-refractivity contribution in [3.63, 3.8) is 0 Å². The number of hydrogen-bond acceptors (Lipinski definition) is 6. The average Bonchev–Trinajstić information content (AvgIpc) is 2.89. The van der Waals surface area contributed by atoms with Gasteiger partial charge in [0.1, 0.15) is 6.54 Å². The van der Waals surface area contributed by atoms with Crippen LogP contribution < -0.4 is 5.84 Å². The van der Waals surface area contributed by atoms with Gasteiger partial charge in [-0.15, -0.1) is 10.2 Å². The van der Waals surface area contributed by atoms with Crippen LogP contribution in [0.1, 0.15) is 5.82 Å². The largest absolute Gasteiger partial charge is 0.481 e. The normalized spacial score (nSPS) is 10.6. The summed E-state index contributed by atoms with van der Waals surface area (Å²) >= 11 is 1.02. The van der Waals surface area contributed by atoms with E-state index in [1.807, 2.05) is 0 Å². The predicted octanol–water partition coefficient (Wildman–Crippen LogP) is -0.587. The fraction of sp³-hybridized carbons (Fsp3) is 0.250. The molecule has 90 valence electrons. The molecular weight excluding hydrogens is 244 g/mol. The molecule has 0 amide bonds. The van der Waals surface area contributed by atoms with Gasteiger partial charge < -0.3 is 10.9 Å². The third-order valence-corrected chi connectivity index (χ3v) is 2.85. The summed E-state index contributed by atoms with van der Waals surface area (Å²) in [6.07, 6.45) is 3.43. The minimum Gasteiger partial charge on any atom is -0.481 e. The number of nitrogens with two attached hydrogens (primary N) is 1. The molecule has 0 spiro atoms. The lowest BCUT2D eigenvalue weighted by atomic mass is 10.6. The molecule has 0 bridgehead atoms. The topological polar surface area (TPSA) is 112 Å². The minimum absolute atomic E-state index is 0.100. The van der Waals surface area contributed by atoms with Crippen LogP contribution in [-0.2, 0) is 11.3 Å². The monoisotopic (exact) mass is 254 g/mol. The summed E-state index contributed by atoms with van der Waals surface area (Å²) < 4.78 is 2.92. The first-order chi connectivity index (χ1) is 8.16. The van der Waals surface area contributed by atoms with E-state index < -0.39 is 5.97 Å². The number of carbonyl (C=O) groups is 1. The molecule has 2 aromatic rings. The molecule has 0 aliphatic rings. The predicted molar refractivity (Wildman–Crippen MR) is 59.9 cm³/mol. The van der Waals surface area contributed by atoms with E-state index in [9.17, 15) is 4.79 Å². The van der Waals surface area contributed by atoms with E-state index in [1.54, 1.807) is 23.1 Å². The van der Waals surface area contributed by atoms with Crippen molar-refractivity contribution in [3.05, 3.63) is 24.3 Å². The minimum atomic E-state index is -0.924. The van der Waals surface area contributed by atoms with Crippen molar-refractivity contribution in [2.45, 2.75) is 11.7 Å². The summed E-state index contributed by atoms with van der Waals surface area (Å²) in [7, 11) is 0. The van der Waals surface area contributed by atoms with E-state index in [1.165, 1.54) is 4.68 Å². The molecule has 2 heterocycles. The van der Waals surface area contributed by atoms with Gasteiger partial charge in [0.2, 0.25) is 5.16 Å². The third kappa shape index (κ3) is 2.75. The van der Waals surface area contributed by atoms with E-state index in [-0.39, 0.29) is 5.75 Å². The number of thioether (sulfide) groups is 1. The Morgan fingerprint density at radius 2 is 2.35 bits per heavy atom. The molecule has 2 aromatic heterocycles. The van der Waals surface area contributed by atoms with Gasteiger partial charge in [-0.05, 0) is 6.07 Å². The van der Waals surface area contributed by atoms with Crippen LogP contribution in [0.2, 0.25) is 0 Å². The quantitative estimate of drug-likeness (QED) is 0.542. The van der Waals surface area contributed by atoms with Crippen molar-refractivity contribution >= 4 is 17.7 Å². The van der Waals surface area contributed by atoms with Gasteiger partial charge in [0.05, 0.1) is 5.75 Å². The molecule has 2 rings (SSSR count). The number of nitrogens with zero attached hydrogens (tertiary/aromatic N) is 5. The van der Waals surface area contributed by atoms with Gasteiger partial charge in [-0.1, -0.05) is 11.8 Å². The van der Waals surface area contributed by atoms with Crippen molar-refractivity contribution in [1.82, 2.24) is 24.7 Å². The van der Waals surface area contributed by atoms with E-state index in [2.05, 4.69) is 15.3 Å². The van der Waals surface area contributed by atoms with Crippen LogP contribution in [0.15, 0.2) is 23.6 Å². The lowest BCUT2D eigenvalue weighted by Gasteiger charge is -2.02.